The maximum atomic E-state index is 11.9. The lowest BCUT2D eigenvalue weighted by atomic mass is 10.1. The Bertz CT molecular complexity index is 952. The zero-order chi connectivity index (χ0) is 18.5. The SMILES string of the molecule is Cc1cc(NC(=O)COC(=O)CSc2cccc3cccc(Cl)c23)no1. The summed E-state index contributed by atoms with van der Waals surface area (Å²) in [5, 5.41) is 8.63. The molecule has 1 N–H and O–H groups in total. The number of aromatic nitrogens is 1. The number of nitrogens with zero attached hydrogens (tertiary/aromatic N) is 1. The van der Waals surface area contributed by atoms with Gasteiger partial charge in [-0.05, 0) is 24.4 Å². The molecule has 0 aliphatic rings. The molecule has 3 aromatic rings. The third kappa shape index (κ3) is 4.56. The molecule has 8 heteroatoms. The van der Waals surface area contributed by atoms with E-state index in [0.29, 0.717) is 10.8 Å². The number of amides is 1. The first-order valence-electron chi connectivity index (χ1n) is 7.72. The van der Waals surface area contributed by atoms with E-state index in [0.717, 1.165) is 15.7 Å². The van der Waals surface area contributed by atoms with Crippen LogP contribution in [0.4, 0.5) is 5.82 Å². The molecule has 0 aliphatic carbocycles. The van der Waals surface area contributed by atoms with Crippen LogP contribution in [0.5, 0.6) is 0 Å². The summed E-state index contributed by atoms with van der Waals surface area (Å²) in [5.41, 5.74) is 0. The highest BCUT2D eigenvalue weighted by Crippen LogP contribution is 2.33. The van der Waals surface area contributed by atoms with Crippen molar-refractivity contribution >= 4 is 51.8 Å². The molecular formula is C18H15ClN2O4S. The minimum atomic E-state index is -0.495. The van der Waals surface area contributed by atoms with E-state index in [1.165, 1.54) is 11.8 Å². The van der Waals surface area contributed by atoms with Crippen molar-refractivity contribution in [2.24, 2.45) is 0 Å². The highest BCUT2D eigenvalue weighted by molar-refractivity contribution is 8.00. The van der Waals surface area contributed by atoms with Crippen LogP contribution in [0.2, 0.25) is 5.02 Å². The van der Waals surface area contributed by atoms with Crippen molar-refractivity contribution < 1.29 is 18.8 Å². The number of anilines is 1. The number of benzene rings is 2. The first kappa shape index (κ1) is 18.3. The van der Waals surface area contributed by atoms with Gasteiger partial charge in [0.15, 0.2) is 12.4 Å². The zero-order valence-electron chi connectivity index (χ0n) is 13.8. The Morgan fingerprint density at radius 1 is 1.27 bits per heavy atom. The van der Waals surface area contributed by atoms with Gasteiger partial charge < -0.3 is 14.6 Å². The number of carbonyl (C=O) groups is 2. The van der Waals surface area contributed by atoms with Crippen molar-refractivity contribution in [2.45, 2.75) is 11.8 Å². The Hall–Kier alpha value is -2.51. The lowest BCUT2D eigenvalue weighted by Crippen LogP contribution is -2.21. The molecule has 1 heterocycles. The number of carbonyl (C=O) groups excluding carboxylic acids is 2. The summed E-state index contributed by atoms with van der Waals surface area (Å²) in [6.45, 7) is 1.32. The molecule has 0 spiro atoms. The second-order valence-corrected chi connectivity index (χ2v) is 6.84. The van der Waals surface area contributed by atoms with Crippen LogP contribution >= 0.6 is 23.4 Å². The Morgan fingerprint density at radius 3 is 2.77 bits per heavy atom. The summed E-state index contributed by atoms with van der Waals surface area (Å²) in [5.74, 6) is -0.0538. The topological polar surface area (TPSA) is 81.4 Å². The van der Waals surface area contributed by atoms with Gasteiger partial charge in [-0.2, -0.15) is 0 Å². The first-order chi connectivity index (χ1) is 12.5. The summed E-state index contributed by atoms with van der Waals surface area (Å²) >= 11 is 7.58. The summed E-state index contributed by atoms with van der Waals surface area (Å²) in [7, 11) is 0. The maximum absolute atomic E-state index is 11.9. The molecule has 26 heavy (non-hydrogen) atoms. The van der Waals surface area contributed by atoms with Crippen LogP contribution in [-0.4, -0.2) is 29.4 Å². The summed E-state index contributed by atoms with van der Waals surface area (Å²) in [4.78, 5) is 24.5. The molecule has 6 nitrogen and oxygen atoms in total. The van der Waals surface area contributed by atoms with Gasteiger partial charge >= 0.3 is 5.97 Å². The maximum Gasteiger partial charge on any atom is 0.316 e. The summed E-state index contributed by atoms with van der Waals surface area (Å²) in [6, 6.07) is 13.0. The molecule has 134 valence electrons. The van der Waals surface area contributed by atoms with Crippen LogP contribution < -0.4 is 5.32 Å². The molecule has 0 aliphatic heterocycles. The molecule has 0 fully saturated rings. The number of aryl methyl sites for hydroxylation is 1. The number of ether oxygens (including phenoxy) is 1. The van der Waals surface area contributed by atoms with Crippen molar-refractivity contribution in [2.75, 3.05) is 17.7 Å². The van der Waals surface area contributed by atoms with E-state index >= 15 is 0 Å². The average Bonchev–Trinajstić information content (AvgIpc) is 3.03. The Labute approximate surface area is 158 Å². The van der Waals surface area contributed by atoms with Gasteiger partial charge in [0.05, 0.1) is 5.75 Å². The molecule has 1 aromatic heterocycles. The fourth-order valence-electron chi connectivity index (χ4n) is 2.31. The highest BCUT2D eigenvalue weighted by atomic mass is 35.5. The van der Waals surface area contributed by atoms with Gasteiger partial charge in [0.2, 0.25) is 0 Å². The first-order valence-corrected chi connectivity index (χ1v) is 9.08. The van der Waals surface area contributed by atoms with E-state index in [2.05, 4.69) is 10.5 Å². The molecule has 0 radical (unpaired) electrons. The number of rotatable bonds is 6. The van der Waals surface area contributed by atoms with Gasteiger partial charge in [-0.1, -0.05) is 41.0 Å². The number of hydrogen-bond donors (Lipinski definition) is 1. The van der Waals surface area contributed by atoms with E-state index in [1.54, 1.807) is 13.0 Å². The van der Waals surface area contributed by atoms with Gasteiger partial charge in [0.25, 0.3) is 5.91 Å². The largest absolute Gasteiger partial charge is 0.455 e. The standard InChI is InChI=1S/C18H15ClN2O4S/c1-11-8-15(21-25-11)20-16(22)9-24-17(23)10-26-14-7-3-5-12-4-2-6-13(19)18(12)14/h2-8H,9-10H2,1H3,(H,20,21,22). The average molecular weight is 391 g/mol. The smallest absolute Gasteiger partial charge is 0.316 e. The number of thioether (sulfide) groups is 1. The quantitative estimate of drug-likeness (QED) is 0.505. The second kappa shape index (κ2) is 8.25. The molecule has 1 amide bonds. The van der Waals surface area contributed by atoms with Crippen LogP contribution in [0.25, 0.3) is 10.8 Å². The zero-order valence-corrected chi connectivity index (χ0v) is 15.4. The molecule has 0 bridgehead atoms. The van der Waals surface area contributed by atoms with Gasteiger partial charge in [0, 0.05) is 21.4 Å². The number of nitrogens with one attached hydrogen (secondary N) is 1. The Balaban J connectivity index is 1.52. The highest BCUT2D eigenvalue weighted by Gasteiger charge is 2.12. The lowest BCUT2D eigenvalue weighted by molar-refractivity contribution is -0.144. The monoisotopic (exact) mass is 390 g/mol. The van der Waals surface area contributed by atoms with Crippen LogP contribution in [-0.2, 0) is 14.3 Å². The summed E-state index contributed by atoms with van der Waals surface area (Å²) < 4.78 is 9.82. The molecule has 2 aromatic carbocycles. The minimum absolute atomic E-state index is 0.0701. The van der Waals surface area contributed by atoms with Gasteiger partial charge in [-0.15, -0.1) is 11.8 Å². The van der Waals surface area contributed by atoms with Crippen LogP contribution in [0.15, 0.2) is 51.9 Å². The number of fused-ring (bicyclic) bond motifs is 1. The molecule has 0 atom stereocenters. The van der Waals surface area contributed by atoms with Crippen molar-refractivity contribution in [1.29, 1.82) is 0 Å². The Morgan fingerprint density at radius 2 is 2.04 bits per heavy atom. The molecular weight excluding hydrogens is 376 g/mol. The van der Waals surface area contributed by atoms with E-state index in [4.69, 9.17) is 20.9 Å². The van der Waals surface area contributed by atoms with Crippen molar-refractivity contribution in [1.82, 2.24) is 5.16 Å². The van der Waals surface area contributed by atoms with Crippen LogP contribution in [0.1, 0.15) is 5.76 Å². The number of hydrogen-bond acceptors (Lipinski definition) is 6. The fraction of sp³-hybridized carbons (Fsp3) is 0.167. The van der Waals surface area contributed by atoms with Crippen LogP contribution in [0.3, 0.4) is 0 Å². The van der Waals surface area contributed by atoms with Gasteiger partial charge in [0.1, 0.15) is 5.76 Å². The van der Waals surface area contributed by atoms with Crippen LogP contribution in [0, 0.1) is 6.92 Å². The predicted octanol–water partition coefficient (Wildman–Crippen LogP) is 4.06. The van der Waals surface area contributed by atoms with Gasteiger partial charge in [-0.3, -0.25) is 9.59 Å². The number of esters is 1. The molecule has 3 rings (SSSR count). The van der Waals surface area contributed by atoms with Crippen molar-refractivity contribution in [3.63, 3.8) is 0 Å². The van der Waals surface area contributed by atoms with E-state index in [9.17, 15) is 9.59 Å². The van der Waals surface area contributed by atoms with E-state index in [-0.39, 0.29) is 18.2 Å². The molecule has 0 unspecified atom stereocenters. The second-order valence-electron chi connectivity index (χ2n) is 5.41. The van der Waals surface area contributed by atoms with Gasteiger partial charge in [-0.25, -0.2) is 0 Å². The third-order valence-corrected chi connectivity index (χ3v) is 4.77. The van der Waals surface area contributed by atoms with Crippen molar-refractivity contribution in [3.8, 4) is 0 Å². The molecule has 0 saturated carbocycles. The Kier molecular flexibility index (Phi) is 5.80. The number of halogens is 1. The van der Waals surface area contributed by atoms with E-state index in [1.807, 2.05) is 36.4 Å². The lowest BCUT2D eigenvalue weighted by Gasteiger charge is -2.08. The van der Waals surface area contributed by atoms with Crippen molar-refractivity contribution in [3.05, 3.63) is 53.2 Å². The molecule has 0 saturated heterocycles. The fourth-order valence-corrected chi connectivity index (χ4v) is 3.55. The van der Waals surface area contributed by atoms with E-state index < -0.39 is 11.9 Å². The minimum Gasteiger partial charge on any atom is -0.455 e. The third-order valence-electron chi connectivity index (χ3n) is 3.42. The predicted molar refractivity (Wildman–Crippen MR) is 101 cm³/mol. The summed E-state index contributed by atoms with van der Waals surface area (Å²) in [6.07, 6.45) is 0. The normalized spacial score (nSPS) is 10.7.